The fourth-order valence-corrected chi connectivity index (χ4v) is 3.76. The monoisotopic (exact) mass is 230 g/mol. The molecule has 0 aromatic carbocycles. The van der Waals surface area contributed by atoms with E-state index in [9.17, 15) is 0 Å². The number of aryl methyl sites for hydroxylation is 1. The number of hydrogen-bond donors (Lipinski definition) is 1. The van der Waals surface area contributed by atoms with Gasteiger partial charge in [0, 0.05) is 23.9 Å². The molecule has 2 aliphatic rings. The summed E-state index contributed by atoms with van der Waals surface area (Å²) < 4.78 is 0. The average molecular weight is 230 g/mol. The van der Waals surface area contributed by atoms with Gasteiger partial charge in [-0.1, -0.05) is 12.5 Å². The van der Waals surface area contributed by atoms with Gasteiger partial charge in [0.05, 0.1) is 0 Å². The number of nitrogens with zero attached hydrogens (tertiary/aromatic N) is 1. The highest BCUT2D eigenvalue weighted by Gasteiger charge is 2.33. The average Bonchev–Trinajstić information content (AvgIpc) is 2.82. The standard InChI is InChI=1S/C15H22N2/c1-16-13-6-2-4-12(10-13)14-8-7-11-5-3-9-17-15(11)14/h3,5,9,12-14,16H,2,4,6-8,10H2,1H3. The lowest BCUT2D eigenvalue weighted by Gasteiger charge is -2.32. The van der Waals surface area contributed by atoms with E-state index in [1.54, 1.807) is 0 Å². The van der Waals surface area contributed by atoms with Crippen LogP contribution in [0, 0.1) is 5.92 Å². The predicted molar refractivity (Wildman–Crippen MR) is 70.1 cm³/mol. The van der Waals surface area contributed by atoms with Crippen molar-refractivity contribution in [2.24, 2.45) is 5.92 Å². The molecule has 1 aromatic heterocycles. The SMILES string of the molecule is CNC1CCCC(C2CCc3cccnc32)C1. The molecule has 1 saturated carbocycles. The van der Waals surface area contributed by atoms with E-state index in [4.69, 9.17) is 0 Å². The third kappa shape index (κ3) is 2.11. The normalized spacial score (nSPS) is 32.4. The summed E-state index contributed by atoms with van der Waals surface area (Å²) in [5, 5.41) is 3.46. The summed E-state index contributed by atoms with van der Waals surface area (Å²) in [7, 11) is 2.11. The van der Waals surface area contributed by atoms with Gasteiger partial charge in [0.15, 0.2) is 0 Å². The van der Waals surface area contributed by atoms with E-state index in [1.165, 1.54) is 49.8 Å². The minimum Gasteiger partial charge on any atom is -0.317 e. The van der Waals surface area contributed by atoms with Gasteiger partial charge in [0.2, 0.25) is 0 Å². The first-order valence-electron chi connectivity index (χ1n) is 6.99. The Kier molecular flexibility index (Phi) is 3.15. The van der Waals surface area contributed by atoms with Crippen LogP contribution in [0.25, 0.3) is 0 Å². The lowest BCUT2D eigenvalue weighted by atomic mass is 9.77. The van der Waals surface area contributed by atoms with Crippen LogP contribution in [0.4, 0.5) is 0 Å². The largest absolute Gasteiger partial charge is 0.317 e. The molecule has 3 unspecified atom stereocenters. The number of rotatable bonds is 2. The molecule has 0 spiro atoms. The molecule has 17 heavy (non-hydrogen) atoms. The molecular formula is C15H22N2. The topological polar surface area (TPSA) is 24.9 Å². The predicted octanol–water partition coefficient (Wildman–Crippen LogP) is 2.89. The summed E-state index contributed by atoms with van der Waals surface area (Å²) in [5.74, 6) is 1.60. The van der Waals surface area contributed by atoms with Gasteiger partial charge in [-0.3, -0.25) is 4.98 Å². The molecule has 0 saturated heterocycles. The molecule has 1 N–H and O–H groups in total. The lowest BCUT2D eigenvalue weighted by Crippen LogP contribution is -2.33. The summed E-state index contributed by atoms with van der Waals surface area (Å²) in [6, 6.07) is 5.08. The van der Waals surface area contributed by atoms with Crippen LogP contribution in [-0.2, 0) is 6.42 Å². The summed E-state index contributed by atoms with van der Waals surface area (Å²) in [4.78, 5) is 4.65. The zero-order valence-electron chi connectivity index (χ0n) is 10.7. The minimum atomic E-state index is 0.738. The minimum absolute atomic E-state index is 0.738. The van der Waals surface area contributed by atoms with Gasteiger partial charge in [-0.2, -0.15) is 0 Å². The Balaban J connectivity index is 1.77. The van der Waals surface area contributed by atoms with E-state index < -0.39 is 0 Å². The zero-order valence-corrected chi connectivity index (χ0v) is 10.7. The third-order valence-electron chi connectivity index (χ3n) is 4.69. The molecule has 0 amide bonds. The van der Waals surface area contributed by atoms with Gasteiger partial charge in [-0.25, -0.2) is 0 Å². The van der Waals surface area contributed by atoms with Gasteiger partial charge < -0.3 is 5.32 Å². The van der Waals surface area contributed by atoms with Gasteiger partial charge >= 0.3 is 0 Å². The summed E-state index contributed by atoms with van der Waals surface area (Å²) in [5.41, 5.74) is 2.92. The Morgan fingerprint density at radius 1 is 1.29 bits per heavy atom. The van der Waals surface area contributed by atoms with Crippen LogP contribution in [0.3, 0.4) is 0 Å². The van der Waals surface area contributed by atoms with Crippen molar-refractivity contribution < 1.29 is 0 Å². The molecule has 0 bridgehead atoms. The van der Waals surface area contributed by atoms with Crippen LogP contribution < -0.4 is 5.32 Å². The lowest BCUT2D eigenvalue weighted by molar-refractivity contribution is 0.255. The Labute approximate surface area is 104 Å². The maximum atomic E-state index is 4.65. The Morgan fingerprint density at radius 2 is 2.24 bits per heavy atom. The molecule has 3 rings (SSSR count). The second-order valence-corrected chi connectivity index (χ2v) is 5.61. The maximum absolute atomic E-state index is 4.65. The molecule has 1 aromatic rings. The molecule has 0 radical (unpaired) electrons. The summed E-state index contributed by atoms with van der Waals surface area (Å²) in [6.45, 7) is 0. The van der Waals surface area contributed by atoms with Gasteiger partial charge in [-0.15, -0.1) is 0 Å². The Hall–Kier alpha value is -0.890. The number of nitrogens with one attached hydrogen (secondary N) is 1. The highest BCUT2D eigenvalue weighted by molar-refractivity contribution is 5.29. The molecular weight excluding hydrogens is 208 g/mol. The smallest absolute Gasteiger partial charge is 0.0469 e. The quantitative estimate of drug-likeness (QED) is 0.845. The van der Waals surface area contributed by atoms with Crippen LogP contribution in [0.5, 0.6) is 0 Å². The van der Waals surface area contributed by atoms with Crippen molar-refractivity contribution in [2.45, 2.75) is 50.5 Å². The van der Waals surface area contributed by atoms with E-state index in [2.05, 4.69) is 29.5 Å². The number of fused-ring (bicyclic) bond motifs is 1. The van der Waals surface area contributed by atoms with Crippen molar-refractivity contribution in [3.63, 3.8) is 0 Å². The number of hydrogen-bond acceptors (Lipinski definition) is 2. The van der Waals surface area contributed by atoms with Crippen molar-refractivity contribution >= 4 is 0 Å². The van der Waals surface area contributed by atoms with Crippen LogP contribution in [0.15, 0.2) is 18.3 Å². The van der Waals surface area contributed by atoms with Crippen molar-refractivity contribution in [2.75, 3.05) is 7.05 Å². The molecule has 2 nitrogen and oxygen atoms in total. The zero-order chi connectivity index (χ0) is 11.7. The molecule has 1 heterocycles. The maximum Gasteiger partial charge on any atom is 0.0469 e. The van der Waals surface area contributed by atoms with Gasteiger partial charge in [-0.05, 0) is 56.7 Å². The van der Waals surface area contributed by atoms with Crippen molar-refractivity contribution in [1.82, 2.24) is 10.3 Å². The molecule has 1 fully saturated rings. The highest BCUT2D eigenvalue weighted by Crippen LogP contribution is 2.42. The van der Waals surface area contributed by atoms with Crippen LogP contribution in [-0.4, -0.2) is 18.1 Å². The van der Waals surface area contributed by atoms with Crippen LogP contribution >= 0.6 is 0 Å². The van der Waals surface area contributed by atoms with E-state index >= 15 is 0 Å². The van der Waals surface area contributed by atoms with Crippen molar-refractivity contribution in [1.29, 1.82) is 0 Å². The van der Waals surface area contributed by atoms with E-state index in [0.29, 0.717) is 0 Å². The molecule has 3 atom stereocenters. The highest BCUT2D eigenvalue weighted by atomic mass is 14.9. The van der Waals surface area contributed by atoms with Crippen molar-refractivity contribution in [3.8, 4) is 0 Å². The first-order chi connectivity index (χ1) is 8.38. The Bertz CT molecular complexity index is 388. The van der Waals surface area contributed by atoms with E-state index in [-0.39, 0.29) is 0 Å². The fourth-order valence-electron chi connectivity index (χ4n) is 3.76. The Morgan fingerprint density at radius 3 is 3.12 bits per heavy atom. The van der Waals surface area contributed by atoms with Crippen LogP contribution in [0.1, 0.15) is 49.3 Å². The third-order valence-corrected chi connectivity index (χ3v) is 4.69. The first kappa shape index (κ1) is 11.2. The van der Waals surface area contributed by atoms with E-state index in [0.717, 1.165) is 17.9 Å². The second-order valence-electron chi connectivity index (χ2n) is 5.61. The fraction of sp³-hybridized carbons (Fsp3) is 0.667. The second kappa shape index (κ2) is 4.77. The van der Waals surface area contributed by atoms with Gasteiger partial charge in [0.25, 0.3) is 0 Å². The van der Waals surface area contributed by atoms with Gasteiger partial charge in [0.1, 0.15) is 0 Å². The molecule has 2 heteroatoms. The molecule has 2 aliphatic carbocycles. The molecule has 92 valence electrons. The van der Waals surface area contributed by atoms with E-state index in [1.807, 2.05) is 6.20 Å². The summed E-state index contributed by atoms with van der Waals surface area (Å²) >= 11 is 0. The summed E-state index contributed by atoms with van der Waals surface area (Å²) in [6.07, 6.45) is 10.0. The number of pyridine rings is 1. The van der Waals surface area contributed by atoms with Crippen LogP contribution in [0.2, 0.25) is 0 Å². The first-order valence-corrected chi connectivity index (χ1v) is 6.99. The number of aromatic nitrogens is 1. The van der Waals surface area contributed by atoms with Crippen molar-refractivity contribution in [3.05, 3.63) is 29.6 Å². The molecule has 0 aliphatic heterocycles.